The smallest absolute Gasteiger partial charge is 0.141 e. The second-order valence-corrected chi connectivity index (χ2v) is 4.33. The Labute approximate surface area is 112 Å². The minimum atomic E-state index is -0.183. The lowest BCUT2D eigenvalue weighted by Gasteiger charge is -2.15. The maximum absolute atomic E-state index is 6.24. The van der Waals surface area contributed by atoms with Crippen molar-refractivity contribution in [2.45, 2.75) is 32.4 Å². The number of aryl methyl sites for hydroxylation is 1. The van der Waals surface area contributed by atoms with Crippen LogP contribution in [0.1, 0.15) is 30.8 Å². The molecule has 2 aromatic rings. The molecule has 0 aromatic carbocycles. The van der Waals surface area contributed by atoms with E-state index in [4.69, 9.17) is 10.5 Å². The fraction of sp³-hybridized carbons (Fsp3) is 0.462. The third-order valence-electron chi connectivity index (χ3n) is 2.97. The normalized spacial score (nSPS) is 12.4. The van der Waals surface area contributed by atoms with Crippen LogP contribution in [0.5, 0.6) is 5.75 Å². The van der Waals surface area contributed by atoms with E-state index in [-0.39, 0.29) is 6.04 Å². The van der Waals surface area contributed by atoms with Crippen molar-refractivity contribution >= 4 is 0 Å². The molecular formula is C13H19N5O. The summed E-state index contributed by atoms with van der Waals surface area (Å²) < 4.78 is 7.17. The van der Waals surface area contributed by atoms with Crippen molar-refractivity contribution in [3.8, 4) is 5.75 Å². The van der Waals surface area contributed by atoms with Gasteiger partial charge in [0.1, 0.15) is 17.9 Å². The monoisotopic (exact) mass is 261 g/mol. The topological polar surface area (TPSA) is 78.9 Å². The number of hydrogen-bond acceptors (Lipinski definition) is 5. The standard InChI is InChI=1S/C13H19N5O/c1-3-6-18-13(16-9-17-18)7-11(14)10-4-5-15-8-12(10)19-2/h4-5,8-9,11H,3,6-7,14H2,1-2H3. The zero-order valence-electron chi connectivity index (χ0n) is 11.3. The predicted molar refractivity (Wildman–Crippen MR) is 71.7 cm³/mol. The van der Waals surface area contributed by atoms with Crippen molar-refractivity contribution in [1.82, 2.24) is 19.7 Å². The molecule has 0 aliphatic rings. The third-order valence-corrected chi connectivity index (χ3v) is 2.97. The molecule has 1 atom stereocenters. The Balaban J connectivity index is 2.16. The van der Waals surface area contributed by atoms with Crippen molar-refractivity contribution in [2.24, 2.45) is 5.73 Å². The molecule has 2 N–H and O–H groups in total. The van der Waals surface area contributed by atoms with Gasteiger partial charge in [0.15, 0.2) is 0 Å². The van der Waals surface area contributed by atoms with Gasteiger partial charge in [-0.05, 0) is 12.5 Å². The van der Waals surface area contributed by atoms with Gasteiger partial charge in [0.25, 0.3) is 0 Å². The highest BCUT2D eigenvalue weighted by Gasteiger charge is 2.15. The number of nitrogens with two attached hydrogens (primary N) is 1. The van der Waals surface area contributed by atoms with Crippen molar-refractivity contribution in [2.75, 3.05) is 7.11 Å². The van der Waals surface area contributed by atoms with Crippen molar-refractivity contribution in [1.29, 1.82) is 0 Å². The van der Waals surface area contributed by atoms with E-state index in [0.717, 1.165) is 24.4 Å². The summed E-state index contributed by atoms with van der Waals surface area (Å²) >= 11 is 0. The first-order valence-corrected chi connectivity index (χ1v) is 6.36. The lowest BCUT2D eigenvalue weighted by Crippen LogP contribution is -2.18. The Morgan fingerprint density at radius 3 is 3.05 bits per heavy atom. The van der Waals surface area contributed by atoms with Gasteiger partial charge in [-0.3, -0.25) is 9.67 Å². The number of ether oxygens (including phenoxy) is 1. The zero-order valence-corrected chi connectivity index (χ0v) is 11.3. The molecule has 1 unspecified atom stereocenters. The zero-order chi connectivity index (χ0) is 13.7. The van der Waals surface area contributed by atoms with Gasteiger partial charge in [0, 0.05) is 30.8 Å². The summed E-state index contributed by atoms with van der Waals surface area (Å²) in [5.74, 6) is 1.60. The average molecular weight is 261 g/mol. The van der Waals surface area contributed by atoms with E-state index in [1.807, 2.05) is 10.7 Å². The summed E-state index contributed by atoms with van der Waals surface area (Å²) in [5.41, 5.74) is 7.17. The summed E-state index contributed by atoms with van der Waals surface area (Å²) in [6, 6.07) is 1.70. The van der Waals surface area contributed by atoms with Gasteiger partial charge in [-0.1, -0.05) is 6.92 Å². The van der Waals surface area contributed by atoms with Crippen LogP contribution in [0.2, 0.25) is 0 Å². The molecule has 0 radical (unpaired) electrons. The first-order chi connectivity index (χ1) is 9.26. The van der Waals surface area contributed by atoms with Crippen LogP contribution in [0.4, 0.5) is 0 Å². The number of methoxy groups -OCH3 is 1. The van der Waals surface area contributed by atoms with Crippen LogP contribution < -0.4 is 10.5 Å². The van der Waals surface area contributed by atoms with Crippen molar-refractivity contribution in [3.63, 3.8) is 0 Å². The van der Waals surface area contributed by atoms with Crippen LogP contribution in [0.25, 0.3) is 0 Å². The second kappa shape index (κ2) is 6.29. The first kappa shape index (κ1) is 13.5. The van der Waals surface area contributed by atoms with E-state index in [1.54, 1.807) is 25.8 Å². The summed E-state index contributed by atoms with van der Waals surface area (Å²) in [5, 5.41) is 4.20. The number of rotatable bonds is 6. The van der Waals surface area contributed by atoms with Crippen molar-refractivity contribution in [3.05, 3.63) is 36.2 Å². The Morgan fingerprint density at radius 2 is 2.32 bits per heavy atom. The molecule has 2 rings (SSSR count). The molecular weight excluding hydrogens is 242 g/mol. The SMILES string of the molecule is CCCn1ncnc1CC(N)c1ccncc1OC. The third kappa shape index (κ3) is 3.08. The van der Waals surface area contributed by atoms with Gasteiger partial charge >= 0.3 is 0 Å². The van der Waals surface area contributed by atoms with Gasteiger partial charge in [0.05, 0.1) is 13.3 Å². The lowest BCUT2D eigenvalue weighted by molar-refractivity contribution is 0.402. The van der Waals surface area contributed by atoms with E-state index < -0.39 is 0 Å². The molecule has 0 amide bonds. The van der Waals surface area contributed by atoms with E-state index in [2.05, 4.69) is 22.0 Å². The van der Waals surface area contributed by atoms with Crippen molar-refractivity contribution < 1.29 is 4.74 Å². The van der Waals surface area contributed by atoms with Gasteiger partial charge in [-0.2, -0.15) is 5.10 Å². The lowest BCUT2D eigenvalue weighted by atomic mass is 10.0. The minimum absolute atomic E-state index is 0.183. The molecule has 0 fully saturated rings. The molecule has 0 saturated carbocycles. The molecule has 0 aliphatic heterocycles. The molecule has 2 aromatic heterocycles. The van der Waals surface area contributed by atoms with Gasteiger partial charge in [-0.25, -0.2) is 4.98 Å². The molecule has 0 spiro atoms. The van der Waals surface area contributed by atoms with Gasteiger partial charge in [-0.15, -0.1) is 0 Å². The number of nitrogens with zero attached hydrogens (tertiary/aromatic N) is 4. The summed E-state index contributed by atoms with van der Waals surface area (Å²) in [6.45, 7) is 2.97. The fourth-order valence-corrected chi connectivity index (χ4v) is 2.02. The van der Waals surface area contributed by atoms with Crippen LogP contribution in [-0.2, 0) is 13.0 Å². The molecule has 0 bridgehead atoms. The molecule has 19 heavy (non-hydrogen) atoms. The molecule has 102 valence electrons. The highest BCUT2D eigenvalue weighted by atomic mass is 16.5. The predicted octanol–water partition coefficient (Wildman–Crippen LogP) is 1.33. The molecule has 0 saturated heterocycles. The Kier molecular flexibility index (Phi) is 4.46. The quantitative estimate of drug-likeness (QED) is 0.848. The molecule has 0 aliphatic carbocycles. The van der Waals surface area contributed by atoms with E-state index in [0.29, 0.717) is 12.2 Å². The maximum atomic E-state index is 6.24. The fourth-order valence-electron chi connectivity index (χ4n) is 2.02. The number of hydrogen-bond donors (Lipinski definition) is 1. The van der Waals surface area contributed by atoms with E-state index in [9.17, 15) is 0 Å². The van der Waals surface area contributed by atoms with Crippen LogP contribution in [0.15, 0.2) is 24.8 Å². The van der Waals surface area contributed by atoms with Crippen LogP contribution in [-0.4, -0.2) is 26.9 Å². The number of aromatic nitrogens is 4. The number of pyridine rings is 1. The summed E-state index contributed by atoms with van der Waals surface area (Å²) in [4.78, 5) is 8.30. The summed E-state index contributed by atoms with van der Waals surface area (Å²) in [7, 11) is 1.62. The Hall–Kier alpha value is -1.95. The Bertz CT molecular complexity index is 525. The second-order valence-electron chi connectivity index (χ2n) is 4.33. The average Bonchev–Trinajstić information content (AvgIpc) is 2.86. The van der Waals surface area contributed by atoms with Gasteiger partial charge < -0.3 is 10.5 Å². The molecule has 6 nitrogen and oxygen atoms in total. The van der Waals surface area contributed by atoms with Crippen LogP contribution in [0, 0.1) is 0 Å². The largest absolute Gasteiger partial charge is 0.495 e. The highest BCUT2D eigenvalue weighted by Crippen LogP contribution is 2.24. The van der Waals surface area contributed by atoms with Crippen LogP contribution in [0.3, 0.4) is 0 Å². The van der Waals surface area contributed by atoms with E-state index >= 15 is 0 Å². The molecule has 2 heterocycles. The maximum Gasteiger partial charge on any atom is 0.141 e. The minimum Gasteiger partial charge on any atom is -0.495 e. The summed E-state index contributed by atoms with van der Waals surface area (Å²) in [6.07, 6.45) is 6.60. The highest BCUT2D eigenvalue weighted by molar-refractivity contribution is 5.33. The van der Waals surface area contributed by atoms with Crippen LogP contribution >= 0.6 is 0 Å². The molecule has 6 heteroatoms. The first-order valence-electron chi connectivity index (χ1n) is 6.36. The van der Waals surface area contributed by atoms with E-state index in [1.165, 1.54) is 0 Å². The van der Waals surface area contributed by atoms with Gasteiger partial charge in [0.2, 0.25) is 0 Å². The Morgan fingerprint density at radius 1 is 1.47 bits per heavy atom.